The van der Waals surface area contributed by atoms with E-state index in [9.17, 15) is 0 Å². The summed E-state index contributed by atoms with van der Waals surface area (Å²) in [5, 5.41) is 0. The van der Waals surface area contributed by atoms with Gasteiger partial charge >= 0.3 is 0 Å². The molecule has 2 atom stereocenters. The van der Waals surface area contributed by atoms with Crippen molar-refractivity contribution in [2.75, 3.05) is 0 Å². The Bertz CT molecular complexity index is 1070. The minimum Gasteiger partial charge on any atom is -0.326 e. The van der Waals surface area contributed by atoms with Gasteiger partial charge in [-0.25, -0.2) is 0 Å². The summed E-state index contributed by atoms with van der Waals surface area (Å²) in [5.41, 5.74) is 26.5. The molecule has 0 bridgehead atoms. The van der Waals surface area contributed by atoms with Gasteiger partial charge in [0.15, 0.2) is 0 Å². The Morgan fingerprint density at radius 3 is 1.56 bits per heavy atom. The van der Waals surface area contributed by atoms with Crippen LogP contribution in [-0.2, 0) is 25.0 Å². The quantitative estimate of drug-likeness (QED) is 0.373. The van der Waals surface area contributed by atoms with Gasteiger partial charge in [0.2, 0.25) is 0 Å². The van der Waals surface area contributed by atoms with Crippen LogP contribution in [0.3, 0.4) is 0 Å². The fourth-order valence-corrected chi connectivity index (χ4v) is 5.46. The monoisotopic (exact) mass is 451 g/mol. The first-order valence-corrected chi connectivity index (χ1v) is 12.3. The van der Waals surface area contributed by atoms with Crippen molar-refractivity contribution in [2.24, 2.45) is 29.0 Å². The summed E-state index contributed by atoms with van der Waals surface area (Å²) in [7, 11) is 0. The Kier molecular flexibility index (Phi) is 7.47. The molecule has 4 rings (SSSR count). The largest absolute Gasteiger partial charge is 0.326 e. The van der Waals surface area contributed by atoms with Gasteiger partial charge in [-0.3, -0.25) is 0 Å². The molecule has 1 aliphatic rings. The van der Waals surface area contributed by atoms with Crippen LogP contribution in [0.5, 0.6) is 0 Å². The normalized spacial score (nSPS) is 16.5. The van der Waals surface area contributed by atoms with Crippen LogP contribution in [-0.4, -0.2) is 0 Å². The van der Waals surface area contributed by atoms with Crippen LogP contribution in [0.15, 0.2) is 96.6 Å². The van der Waals surface area contributed by atoms with Gasteiger partial charge in [-0.1, -0.05) is 110 Å². The first-order valence-electron chi connectivity index (χ1n) is 12.3. The van der Waals surface area contributed by atoms with Crippen molar-refractivity contribution in [3.8, 4) is 0 Å². The van der Waals surface area contributed by atoms with E-state index in [0.717, 1.165) is 23.1 Å². The Morgan fingerprint density at radius 2 is 1.18 bits per heavy atom. The average Bonchev–Trinajstić information content (AvgIpc) is 3.39. The molecule has 3 aromatic carbocycles. The SMILES string of the molecule is CCC(C)C1=CC=CC1C(c1cccc(CN)c1)(c1cccc(CN)c1)c1cccc(CN)c1. The van der Waals surface area contributed by atoms with Crippen LogP contribution >= 0.6 is 0 Å². The van der Waals surface area contributed by atoms with Crippen LogP contribution < -0.4 is 17.2 Å². The molecule has 0 radical (unpaired) electrons. The van der Waals surface area contributed by atoms with E-state index in [1.54, 1.807) is 0 Å². The molecular formula is C31H37N3. The molecule has 1 aliphatic carbocycles. The number of benzene rings is 3. The van der Waals surface area contributed by atoms with E-state index in [2.05, 4.69) is 105 Å². The predicted molar refractivity (Wildman–Crippen MR) is 143 cm³/mol. The average molecular weight is 452 g/mol. The summed E-state index contributed by atoms with van der Waals surface area (Å²) in [5.74, 6) is 0.629. The molecule has 3 aromatic rings. The Balaban J connectivity index is 2.12. The van der Waals surface area contributed by atoms with Crippen LogP contribution in [0.4, 0.5) is 0 Å². The van der Waals surface area contributed by atoms with Crippen LogP contribution in [0.1, 0.15) is 53.6 Å². The Morgan fingerprint density at radius 1 is 0.735 bits per heavy atom. The molecule has 0 saturated carbocycles. The summed E-state index contributed by atoms with van der Waals surface area (Å²) < 4.78 is 0. The molecule has 0 saturated heterocycles. The molecule has 0 aromatic heterocycles. The minimum absolute atomic E-state index is 0.163. The third kappa shape index (κ3) is 4.27. The smallest absolute Gasteiger partial charge is 0.0551 e. The van der Waals surface area contributed by atoms with Crippen molar-refractivity contribution < 1.29 is 0 Å². The van der Waals surface area contributed by atoms with Crippen molar-refractivity contribution in [2.45, 2.75) is 45.3 Å². The lowest BCUT2D eigenvalue weighted by Crippen LogP contribution is -2.39. The molecule has 0 fully saturated rings. The van der Waals surface area contributed by atoms with E-state index < -0.39 is 5.41 Å². The van der Waals surface area contributed by atoms with E-state index in [0.29, 0.717) is 25.6 Å². The maximum absolute atomic E-state index is 6.12. The second kappa shape index (κ2) is 10.5. The maximum Gasteiger partial charge on any atom is 0.0551 e. The lowest BCUT2D eigenvalue weighted by atomic mass is 9.58. The zero-order chi connectivity index (χ0) is 24.1. The molecule has 176 valence electrons. The van der Waals surface area contributed by atoms with Crippen LogP contribution in [0.2, 0.25) is 0 Å². The van der Waals surface area contributed by atoms with Gasteiger partial charge in [0, 0.05) is 25.6 Å². The summed E-state index contributed by atoms with van der Waals surface area (Å²) >= 11 is 0. The molecular weight excluding hydrogens is 414 g/mol. The number of hydrogen-bond donors (Lipinski definition) is 3. The number of rotatable bonds is 9. The van der Waals surface area contributed by atoms with E-state index in [1.807, 2.05) is 0 Å². The first kappa shape index (κ1) is 24.2. The lowest BCUT2D eigenvalue weighted by Gasteiger charge is -2.43. The van der Waals surface area contributed by atoms with E-state index in [4.69, 9.17) is 17.2 Å². The molecule has 3 nitrogen and oxygen atoms in total. The summed E-state index contributed by atoms with van der Waals surface area (Å²) in [6, 6.07) is 26.3. The summed E-state index contributed by atoms with van der Waals surface area (Å²) in [6.45, 7) is 6.11. The van der Waals surface area contributed by atoms with Gasteiger partial charge in [-0.15, -0.1) is 0 Å². The number of hydrogen-bond acceptors (Lipinski definition) is 3. The van der Waals surface area contributed by atoms with Gasteiger partial charge in [-0.05, 0) is 45.7 Å². The van der Waals surface area contributed by atoms with Gasteiger partial charge in [0.05, 0.1) is 5.41 Å². The zero-order valence-electron chi connectivity index (χ0n) is 20.4. The van der Waals surface area contributed by atoms with Crippen LogP contribution in [0.25, 0.3) is 0 Å². The highest BCUT2D eigenvalue weighted by Crippen LogP contribution is 2.52. The van der Waals surface area contributed by atoms with Gasteiger partial charge in [0.25, 0.3) is 0 Å². The summed E-state index contributed by atoms with van der Waals surface area (Å²) in [4.78, 5) is 0. The lowest BCUT2D eigenvalue weighted by molar-refractivity contribution is 0.456. The highest BCUT2D eigenvalue weighted by molar-refractivity contribution is 5.58. The van der Waals surface area contributed by atoms with Crippen molar-refractivity contribution in [3.05, 3.63) is 130 Å². The number of allylic oxidation sites excluding steroid dienone is 4. The maximum atomic E-state index is 6.12. The standard InChI is InChI=1S/C31H37N3/c1-3-22(2)29-14-7-15-30(29)31(26-11-4-8-23(16-26)19-32,27-12-5-9-24(17-27)20-33)28-13-6-10-25(18-28)21-34/h4-18,22,30H,3,19-21,32-34H2,1-2H3. The molecule has 0 amide bonds. The van der Waals surface area contributed by atoms with Gasteiger partial charge in [-0.2, -0.15) is 0 Å². The van der Waals surface area contributed by atoms with Crippen molar-refractivity contribution in [1.29, 1.82) is 0 Å². The van der Waals surface area contributed by atoms with Gasteiger partial charge in [0.1, 0.15) is 0 Å². The van der Waals surface area contributed by atoms with E-state index in [-0.39, 0.29) is 5.92 Å². The molecule has 34 heavy (non-hydrogen) atoms. The van der Waals surface area contributed by atoms with E-state index in [1.165, 1.54) is 22.3 Å². The molecule has 0 heterocycles. The second-order valence-electron chi connectivity index (χ2n) is 9.36. The number of nitrogens with two attached hydrogens (primary N) is 3. The highest BCUT2D eigenvalue weighted by atomic mass is 14.5. The Hall–Kier alpha value is -2.98. The third-order valence-electron chi connectivity index (χ3n) is 7.45. The Labute approximate surface area is 204 Å². The van der Waals surface area contributed by atoms with Crippen molar-refractivity contribution >= 4 is 0 Å². The fourth-order valence-electron chi connectivity index (χ4n) is 5.46. The fraction of sp³-hybridized carbons (Fsp3) is 0.290. The van der Waals surface area contributed by atoms with Crippen molar-refractivity contribution in [1.82, 2.24) is 0 Å². The highest BCUT2D eigenvalue weighted by Gasteiger charge is 2.46. The molecule has 0 aliphatic heterocycles. The molecule has 2 unspecified atom stereocenters. The minimum atomic E-state index is -0.441. The molecule has 6 N–H and O–H groups in total. The summed E-state index contributed by atoms with van der Waals surface area (Å²) in [6.07, 6.45) is 8.02. The third-order valence-corrected chi connectivity index (χ3v) is 7.45. The van der Waals surface area contributed by atoms with Gasteiger partial charge < -0.3 is 17.2 Å². The topological polar surface area (TPSA) is 78.1 Å². The van der Waals surface area contributed by atoms with E-state index >= 15 is 0 Å². The molecule has 0 spiro atoms. The first-order chi connectivity index (χ1) is 16.6. The second-order valence-corrected chi connectivity index (χ2v) is 9.36. The zero-order valence-corrected chi connectivity index (χ0v) is 20.4. The van der Waals surface area contributed by atoms with Crippen LogP contribution in [0, 0.1) is 11.8 Å². The molecule has 3 heteroatoms. The van der Waals surface area contributed by atoms with Crippen molar-refractivity contribution in [3.63, 3.8) is 0 Å². The predicted octanol–water partition coefficient (Wildman–Crippen LogP) is 5.56.